The first-order chi connectivity index (χ1) is 13.9. The quantitative estimate of drug-likeness (QED) is 0.458. The fourth-order valence-electron chi connectivity index (χ4n) is 2.80. The van der Waals surface area contributed by atoms with Crippen LogP contribution in [0.3, 0.4) is 0 Å². The van der Waals surface area contributed by atoms with Crippen molar-refractivity contribution in [3.05, 3.63) is 82.7 Å². The number of nitrogens with zero attached hydrogens (tertiary/aromatic N) is 1. The van der Waals surface area contributed by atoms with Gasteiger partial charge in [-0.25, -0.2) is 9.18 Å². The summed E-state index contributed by atoms with van der Waals surface area (Å²) in [6.07, 6.45) is 1.58. The first kappa shape index (κ1) is 19.1. The molecule has 1 aliphatic rings. The molecule has 2 aromatic carbocycles. The molecular weight excluding hydrogens is 413 g/mol. The molecule has 0 saturated carbocycles. The molecule has 4 rings (SSSR count). The number of carboxylic acids is 1. The van der Waals surface area contributed by atoms with Gasteiger partial charge in [-0.2, -0.15) is 0 Å². The van der Waals surface area contributed by atoms with E-state index in [2.05, 4.69) is 0 Å². The molecule has 144 valence electrons. The number of carbonyl (C=O) groups is 2. The maximum absolute atomic E-state index is 13.5. The lowest BCUT2D eigenvalue weighted by atomic mass is 10.1. The summed E-state index contributed by atoms with van der Waals surface area (Å²) in [5.41, 5.74) is 1.26. The van der Waals surface area contributed by atoms with E-state index >= 15 is 0 Å². The number of carbonyl (C=O) groups excluding carboxylic acids is 1. The van der Waals surface area contributed by atoms with Crippen LogP contribution in [0.15, 0.2) is 70.0 Å². The highest BCUT2D eigenvalue weighted by Gasteiger charge is 2.33. The molecule has 1 fully saturated rings. The topological polar surface area (TPSA) is 70.8 Å². The van der Waals surface area contributed by atoms with Gasteiger partial charge in [0.25, 0.3) is 5.91 Å². The molecule has 0 radical (unpaired) electrons. The molecule has 5 nitrogen and oxygen atoms in total. The lowest BCUT2D eigenvalue weighted by Gasteiger charge is -2.14. The average molecular weight is 425 g/mol. The Labute approximate surface area is 174 Å². The maximum Gasteiger partial charge on any atom is 0.335 e. The van der Waals surface area contributed by atoms with E-state index in [0.717, 1.165) is 11.8 Å². The molecule has 0 spiro atoms. The van der Waals surface area contributed by atoms with E-state index in [9.17, 15) is 14.0 Å². The fourth-order valence-corrected chi connectivity index (χ4v) is 4.08. The number of amides is 1. The van der Waals surface area contributed by atoms with Gasteiger partial charge in [-0.3, -0.25) is 9.69 Å². The van der Waals surface area contributed by atoms with Crippen molar-refractivity contribution in [3.8, 4) is 11.3 Å². The second kappa shape index (κ2) is 7.65. The van der Waals surface area contributed by atoms with E-state index in [-0.39, 0.29) is 11.5 Å². The number of carboxylic acid groups (broad SMARTS) is 1. The molecule has 1 amide bonds. The van der Waals surface area contributed by atoms with Gasteiger partial charge < -0.3 is 9.52 Å². The van der Waals surface area contributed by atoms with Crippen molar-refractivity contribution in [2.24, 2.45) is 0 Å². The summed E-state index contributed by atoms with van der Waals surface area (Å²) in [4.78, 5) is 25.3. The number of anilines is 1. The lowest BCUT2D eigenvalue weighted by molar-refractivity contribution is -0.113. The molecule has 2 heterocycles. The number of halogens is 1. The minimum Gasteiger partial charge on any atom is -0.478 e. The number of rotatable bonds is 4. The zero-order chi connectivity index (χ0) is 20.5. The SMILES string of the molecule is O=C(O)c1ccc(-c2ccc(/C=C3/SC(=S)N(c4cccc(F)c4)C3=O)o2)cc1. The summed E-state index contributed by atoms with van der Waals surface area (Å²) in [5, 5.41) is 8.97. The largest absolute Gasteiger partial charge is 0.478 e. The van der Waals surface area contributed by atoms with Crippen LogP contribution in [0, 0.1) is 5.82 Å². The summed E-state index contributed by atoms with van der Waals surface area (Å²) < 4.78 is 19.6. The van der Waals surface area contributed by atoms with Crippen LogP contribution in [0.5, 0.6) is 0 Å². The normalized spacial score (nSPS) is 15.3. The molecule has 1 aliphatic heterocycles. The van der Waals surface area contributed by atoms with Gasteiger partial charge in [0.2, 0.25) is 0 Å². The molecule has 0 atom stereocenters. The molecule has 0 aliphatic carbocycles. The molecule has 1 saturated heterocycles. The highest BCUT2D eigenvalue weighted by molar-refractivity contribution is 8.27. The van der Waals surface area contributed by atoms with Crippen molar-refractivity contribution in [1.82, 2.24) is 0 Å². The van der Waals surface area contributed by atoms with Crippen LogP contribution < -0.4 is 4.90 Å². The molecule has 1 aromatic heterocycles. The molecule has 1 N–H and O–H groups in total. The van der Waals surface area contributed by atoms with Gasteiger partial charge in [0.1, 0.15) is 17.3 Å². The van der Waals surface area contributed by atoms with Crippen LogP contribution >= 0.6 is 24.0 Å². The van der Waals surface area contributed by atoms with Crippen LogP contribution in [-0.2, 0) is 4.79 Å². The Hall–Kier alpha value is -3.23. The van der Waals surface area contributed by atoms with Crippen LogP contribution in [0.2, 0.25) is 0 Å². The fraction of sp³-hybridized carbons (Fsp3) is 0. The van der Waals surface area contributed by atoms with Gasteiger partial charge in [0, 0.05) is 11.6 Å². The number of benzene rings is 2. The predicted molar refractivity (Wildman–Crippen MR) is 113 cm³/mol. The van der Waals surface area contributed by atoms with Crippen LogP contribution in [0.1, 0.15) is 16.1 Å². The highest BCUT2D eigenvalue weighted by atomic mass is 32.2. The Kier molecular flexibility index (Phi) is 5.04. The summed E-state index contributed by atoms with van der Waals surface area (Å²) in [6, 6.07) is 15.4. The number of furan rings is 1. The Balaban J connectivity index is 1.58. The third-order valence-corrected chi connectivity index (χ3v) is 5.48. The third-order valence-electron chi connectivity index (χ3n) is 4.18. The second-order valence-electron chi connectivity index (χ2n) is 6.08. The molecule has 0 unspecified atom stereocenters. The van der Waals surface area contributed by atoms with E-state index in [4.69, 9.17) is 21.7 Å². The Morgan fingerprint density at radius 3 is 2.59 bits per heavy atom. The van der Waals surface area contributed by atoms with Crippen molar-refractivity contribution >= 4 is 51.9 Å². The summed E-state index contributed by atoms with van der Waals surface area (Å²) in [6.45, 7) is 0. The minimum atomic E-state index is -1.00. The van der Waals surface area contributed by atoms with Crippen molar-refractivity contribution < 1.29 is 23.5 Å². The number of hydrogen-bond donors (Lipinski definition) is 1. The zero-order valence-corrected chi connectivity index (χ0v) is 16.3. The number of hydrogen-bond acceptors (Lipinski definition) is 5. The first-order valence-electron chi connectivity index (χ1n) is 8.39. The van der Waals surface area contributed by atoms with E-state index < -0.39 is 11.8 Å². The molecule has 29 heavy (non-hydrogen) atoms. The standard InChI is InChI=1S/C21H12FNO4S2/c22-14-2-1-3-15(10-14)23-19(24)18(29-21(23)28)11-16-8-9-17(27-16)12-4-6-13(7-5-12)20(25)26/h1-11H,(H,25,26)/b18-11+. The second-order valence-corrected chi connectivity index (χ2v) is 7.76. The van der Waals surface area contributed by atoms with Gasteiger partial charge >= 0.3 is 5.97 Å². The van der Waals surface area contributed by atoms with Gasteiger partial charge in [-0.15, -0.1) is 0 Å². The van der Waals surface area contributed by atoms with Crippen LogP contribution in [0.25, 0.3) is 17.4 Å². The Bertz CT molecular complexity index is 1170. The van der Waals surface area contributed by atoms with Gasteiger partial charge in [-0.05, 0) is 42.5 Å². The molecular formula is C21H12FNO4S2. The third kappa shape index (κ3) is 3.85. The first-order valence-corrected chi connectivity index (χ1v) is 9.62. The summed E-state index contributed by atoms with van der Waals surface area (Å²) in [5.74, 6) is -0.827. The van der Waals surface area contributed by atoms with E-state index in [1.54, 1.807) is 36.4 Å². The summed E-state index contributed by atoms with van der Waals surface area (Å²) >= 11 is 6.39. The van der Waals surface area contributed by atoms with E-state index in [1.807, 2.05) is 0 Å². The lowest BCUT2D eigenvalue weighted by Crippen LogP contribution is -2.27. The number of aromatic carboxylic acids is 1. The monoisotopic (exact) mass is 425 g/mol. The van der Waals surface area contributed by atoms with Crippen molar-refractivity contribution in [1.29, 1.82) is 0 Å². The zero-order valence-electron chi connectivity index (χ0n) is 14.7. The average Bonchev–Trinajstić information content (AvgIpc) is 3.26. The molecule has 3 aromatic rings. The minimum absolute atomic E-state index is 0.182. The van der Waals surface area contributed by atoms with E-state index in [0.29, 0.717) is 32.0 Å². The van der Waals surface area contributed by atoms with Crippen molar-refractivity contribution in [2.75, 3.05) is 4.90 Å². The van der Waals surface area contributed by atoms with E-state index in [1.165, 1.54) is 35.2 Å². The summed E-state index contributed by atoms with van der Waals surface area (Å²) in [7, 11) is 0. The van der Waals surface area contributed by atoms with Crippen molar-refractivity contribution in [3.63, 3.8) is 0 Å². The highest BCUT2D eigenvalue weighted by Crippen LogP contribution is 2.36. The molecule has 0 bridgehead atoms. The van der Waals surface area contributed by atoms with Gasteiger partial charge in [0.15, 0.2) is 4.32 Å². The van der Waals surface area contributed by atoms with Crippen LogP contribution in [0.4, 0.5) is 10.1 Å². The van der Waals surface area contributed by atoms with Crippen molar-refractivity contribution in [2.45, 2.75) is 0 Å². The maximum atomic E-state index is 13.5. The van der Waals surface area contributed by atoms with Crippen LogP contribution in [-0.4, -0.2) is 21.3 Å². The number of thiocarbonyl (C=S) groups is 1. The number of thioether (sulfide) groups is 1. The van der Waals surface area contributed by atoms with Gasteiger partial charge in [0.05, 0.1) is 16.2 Å². The Morgan fingerprint density at radius 1 is 1.14 bits per heavy atom. The van der Waals surface area contributed by atoms with Gasteiger partial charge in [-0.1, -0.05) is 42.2 Å². The Morgan fingerprint density at radius 2 is 1.90 bits per heavy atom. The smallest absolute Gasteiger partial charge is 0.335 e. The predicted octanol–water partition coefficient (Wildman–Crippen LogP) is 5.19. The molecule has 8 heteroatoms.